The Kier molecular flexibility index (Phi) is 5.40. The lowest BCUT2D eigenvalue weighted by Crippen LogP contribution is -2.29. The van der Waals surface area contributed by atoms with Gasteiger partial charge >= 0.3 is 5.97 Å². The summed E-state index contributed by atoms with van der Waals surface area (Å²) in [5.41, 5.74) is 4.26. The summed E-state index contributed by atoms with van der Waals surface area (Å²) in [6.45, 7) is 7.46. The third-order valence-corrected chi connectivity index (χ3v) is 5.78. The van der Waals surface area contributed by atoms with Crippen LogP contribution < -0.4 is 9.47 Å². The molecule has 1 unspecified atom stereocenters. The van der Waals surface area contributed by atoms with Crippen molar-refractivity contribution in [3.05, 3.63) is 59.4 Å². The molecule has 3 aromatic rings. The van der Waals surface area contributed by atoms with E-state index in [9.17, 15) is 9.90 Å². The van der Waals surface area contributed by atoms with Crippen LogP contribution in [0, 0.1) is 6.92 Å². The van der Waals surface area contributed by atoms with Crippen molar-refractivity contribution >= 4 is 17.2 Å². The van der Waals surface area contributed by atoms with Gasteiger partial charge < -0.3 is 19.3 Å². The normalized spacial score (nSPS) is 16.1. The minimum Gasteiger partial charge on any atom is -0.479 e. The van der Waals surface area contributed by atoms with Gasteiger partial charge in [0.15, 0.2) is 23.3 Å². The Bertz CT molecular complexity index is 1350. The number of carboxylic acid groups (broad SMARTS) is 1. The molecule has 8 heteroatoms. The van der Waals surface area contributed by atoms with Crippen molar-refractivity contribution in [2.75, 3.05) is 6.79 Å². The molecule has 0 amide bonds. The number of allylic oxidation sites excluding steroid dienone is 4. The molecule has 1 aromatic carbocycles. The quantitative estimate of drug-likeness (QED) is 0.564. The molecule has 2 aromatic heterocycles. The number of fused-ring (bicyclic) bond motifs is 2. The smallest absolute Gasteiger partial charge is 0.337 e. The van der Waals surface area contributed by atoms with Crippen LogP contribution in [0.5, 0.6) is 11.5 Å². The van der Waals surface area contributed by atoms with Crippen LogP contribution in [0.4, 0.5) is 0 Å². The molecule has 0 radical (unpaired) electrons. The molecule has 34 heavy (non-hydrogen) atoms. The van der Waals surface area contributed by atoms with Crippen LogP contribution in [0.1, 0.15) is 56.7 Å². The number of aryl methyl sites for hydroxylation is 1. The third kappa shape index (κ3) is 4.05. The molecular formula is C26H27N3O5. The number of benzene rings is 1. The maximum Gasteiger partial charge on any atom is 0.337 e. The van der Waals surface area contributed by atoms with Gasteiger partial charge in [-0.25, -0.2) is 14.3 Å². The summed E-state index contributed by atoms with van der Waals surface area (Å²) < 4.78 is 18.8. The Balaban J connectivity index is 1.78. The lowest BCUT2D eigenvalue weighted by atomic mass is 9.98. The minimum absolute atomic E-state index is 0.148. The number of ether oxygens (including phenoxy) is 3. The first-order chi connectivity index (χ1) is 16.2. The molecule has 0 spiro atoms. The van der Waals surface area contributed by atoms with Gasteiger partial charge in [0, 0.05) is 22.9 Å². The van der Waals surface area contributed by atoms with E-state index in [1.54, 1.807) is 4.52 Å². The molecule has 0 saturated carbocycles. The van der Waals surface area contributed by atoms with Crippen molar-refractivity contribution in [1.29, 1.82) is 0 Å². The second-order valence-corrected chi connectivity index (χ2v) is 9.43. The fraction of sp³-hybridized carbons (Fsp3) is 0.346. The van der Waals surface area contributed by atoms with Crippen molar-refractivity contribution in [2.24, 2.45) is 0 Å². The number of aromatic nitrogens is 3. The molecule has 5 rings (SSSR count). The van der Waals surface area contributed by atoms with Crippen molar-refractivity contribution < 1.29 is 24.1 Å². The molecule has 3 heterocycles. The first-order valence-corrected chi connectivity index (χ1v) is 11.3. The lowest BCUT2D eigenvalue weighted by molar-refractivity contribution is -0.160. The van der Waals surface area contributed by atoms with Crippen LogP contribution in [-0.2, 0) is 9.53 Å². The summed E-state index contributed by atoms with van der Waals surface area (Å²) >= 11 is 0. The van der Waals surface area contributed by atoms with Crippen molar-refractivity contribution in [3.8, 4) is 22.8 Å². The van der Waals surface area contributed by atoms with Crippen LogP contribution in [0.25, 0.3) is 22.5 Å². The second-order valence-electron chi connectivity index (χ2n) is 9.43. The SMILES string of the molecule is Cc1nc2cc(C3=CC=CCC3)nn2c(-c2ccc3c(c2)OCO3)c1C(OC(C)(C)C)C(=O)O. The standard InChI is InChI=1S/C26H27N3O5/c1-15-22(24(25(30)31)34-26(2,3)4)23(17-10-11-19-20(12-17)33-14-32-19)29-21(27-15)13-18(28-29)16-8-6-5-7-9-16/h5-6,8,10-13,24H,7,9,14H2,1-4H3,(H,30,31). The summed E-state index contributed by atoms with van der Waals surface area (Å²) in [5.74, 6) is 0.157. The van der Waals surface area contributed by atoms with E-state index in [0.29, 0.717) is 34.1 Å². The predicted molar refractivity (Wildman–Crippen MR) is 127 cm³/mol. The van der Waals surface area contributed by atoms with E-state index < -0.39 is 17.7 Å². The van der Waals surface area contributed by atoms with Crippen LogP contribution in [0.3, 0.4) is 0 Å². The van der Waals surface area contributed by atoms with Crippen LogP contribution in [0.2, 0.25) is 0 Å². The molecular weight excluding hydrogens is 434 g/mol. The predicted octanol–water partition coefficient (Wildman–Crippen LogP) is 5.11. The Morgan fingerprint density at radius 3 is 2.71 bits per heavy atom. The largest absolute Gasteiger partial charge is 0.479 e. The fourth-order valence-electron chi connectivity index (χ4n) is 4.33. The minimum atomic E-state index is -1.23. The lowest BCUT2D eigenvalue weighted by Gasteiger charge is -2.27. The van der Waals surface area contributed by atoms with E-state index in [4.69, 9.17) is 24.3 Å². The highest BCUT2D eigenvalue weighted by molar-refractivity contribution is 5.81. The van der Waals surface area contributed by atoms with Crippen molar-refractivity contribution in [3.63, 3.8) is 0 Å². The maximum absolute atomic E-state index is 12.4. The highest BCUT2D eigenvalue weighted by atomic mass is 16.7. The summed E-state index contributed by atoms with van der Waals surface area (Å²) in [5, 5.41) is 15.1. The molecule has 8 nitrogen and oxygen atoms in total. The molecule has 0 bridgehead atoms. The first kappa shape index (κ1) is 22.2. The monoisotopic (exact) mass is 461 g/mol. The summed E-state index contributed by atoms with van der Waals surface area (Å²) in [6.07, 6.45) is 6.82. The zero-order valence-corrected chi connectivity index (χ0v) is 19.7. The number of rotatable bonds is 5. The van der Waals surface area contributed by atoms with Gasteiger partial charge in [0.2, 0.25) is 6.79 Å². The van der Waals surface area contributed by atoms with E-state index in [2.05, 4.69) is 12.2 Å². The van der Waals surface area contributed by atoms with Gasteiger partial charge in [-0.3, -0.25) is 0 Å². The van der Waals surface area contributed by atoms with Crippen LogP contribution in [0.15, 0.2) is 42.5 Å². The number of nitrogens with zero attached hydrogens (tertiary/aromatic N) is 3. The number of hydrogen-bond donors (Lipinski definition) is 1. The topological polar surface area (TPSA) is 95.2 Å². The Morgan fingerprint density at radius 1 is 1.21 bits per heavy atom. The van der Waals surface area contributed by atoms with Gasteiger partial charge in [0.25, 0.3) is 0 Å². The van der Waals surface area contributed by atoms with Gasteiger partial charge in [-0.15, -0.1) is 0 Å². The van der Waals surface area contributed by atoms with Gasteiger partial charge in [-0.1, -0.05) is 18.2 Å². The number of aliphatic carboxylic acids is 1. The number of carbonyl (C=O) groups is 1. The van der Waals surface area contributed by atoms with E-state index in [-0.39, 0.29) is 6.79 Å². The fourth-order valence-corrected chi connectivity index (χ4v) is 4.33. The summed E-state index contributed by atoms with van der Waals surface area (Å²) in [6, 6.07) is 7.49. The summed E-state index contributed by atoms with van der Waals surface area (Å²) in [4.78, 5) is 17.2. The zero-order chi connectivity index (χ0) is 24.0. The Morgan fingerprint density at radius 2 is 2.00 bits per heavy atom. The van der Waals surface area contributed by atoms with Crippen molar-refractivity contribution in [1.82, 2.24) is 14.6 Å². The average molecular weight is 462 g/mol. The van der Waals surface area contributed by atoms with Gasteiger partial charge in [-0.2, -0.15) is 5.10 Å². The maximum atomic E-state index is 12.4. The van der Waals surface area contributed by atoms with Gasteiger partial charge in [0.05, 0.1) is 17.0 Å². The molecule has 176 valence electrons. The molecule has 1 aliphatic carbocycles. The molecule has 2 aliphatic rings. The van der Waals surface area contributed by atoms with Crippen molar-refractivity contribution in [2.45, 2.75) is 52.2 Å². The number of carboxylic acids is 1. The highest BCUT2D eigenvalue weighted by Gasteiger charge is 2.33. The number of hydrogen-bond acceptors (Lipinski definition) is 6. The molecule has 1 N–H and O–H groups in total. The average Bonchev–Trinajstić information content (AvgIpc) is 3.43. The van der Waals surface area contributed by atoms with E-state index in [1.807, 2.05) is 58.0 Å². The zero-order valence-electron chi connectivity index (χ0n) is 19.7. The first-order valence-electron chi connectivity index (χ1n) is 11.3. The van der Waals surface area contributed by atoms with Crippen LogP contribution >= 0.6 is 0 Å². The second kappa shape index (κ2) is 8.29. The highest BCUT2D eigenvalue weighted by Crippen LogP contribution is 2.40. The molecule has 1 aliphatic heterocycles. The van der Waals surface area contributed by atoms with E-state index >= 15 is 0 Å². The third-order valence-electron chi connectivity index (χ3n) is 5.78. The summed E-state index contributed by atoms with van der Waals surface area (Å²) in [7, 11) is 0. The van der Waals surface area contributed by atoms with E-state index in [1.165, 1.54) is 0 Å². The van der Waals surface area contributed by atoms with Crippen LogP contribution in [-0.4, -0.2) is 38.1 Å². The Labute approximate surface area is 197 Å². The Hall–Kier alpha value is -3.65. The molecule has 0 fully saturated rings. The molecule has 0 saturated heterocycles. The van der Waals surface area contributed by atoms with Gasteiger partial charge in [0.1, 0.15) is 0 Å². The van der Waals surface area contributed by atoms with E-state index in [0.717, 1.165) is 29.7 Å². The molecule has 1 atom stereocenters. The van der Waals surface area contributed by atoms with Gasteiger partial charge in [-0.05, 0) is 64.3 Å².